The lowest BCUT2D eigenvalue weighted by molar-refractivity contribution is 0.0951. The first-order chi connectivity index (χ1) is 16.7. The summed E-state index contributed by atoms with van der Waals surface area (Å²) in [5, 5.41) is 2.88. The van der Waals surface area contributed by atoms with Crippen LogP contribution in [0.3, 0.4) is 0 Å². The highest BCUT2D eigenvalue weighted by atomic mass is 32.2. The van der Waals surface area contributed by atoms with Gasteiger partial charge in [-0.1, -0.05) is 31.2 Å². The molecular weight excluding hydrogens is 465 g/mol. The van der Waals surface area contributed by atoms with Gasteiger partial charge in [0.2, 0.25) is 0 Å². The lowest BCUT2D eigenvalue weighted by Gasteiger charge is -2.13. The van der Waals surface area contributed by atoms with Crippen molar-refractivity contribution in [3.63, 3.8) is 0 Å². The van der Waals surface area contributed by atoms with Gasteiger partial charge in [-0.05, 0) is 67.4 Å². The first-order valence-corrected chi connectivity index (χ1v) is 13.2. The number of amides is 1. The topological polar surface area (TPSA) is 81.1 Å². The number of sulfone groups is 1. The minimum Gasteiger partial charge on any atom is -0.348 e. The maximum absolute atomic E-state index is 13.3. The summed E-state index contributed by atoms with van der Waals surface area (Å²) >= 11 is 0. The molecule has 0 radical (unpaired) electrons. The summed E-state index contributed by atoms with van der Waals surface area (Å²) in [5.41, 5.74) is 3.91. The molecule has 8 heteroatoms. The molecule has 4 aromatic rings. The number of nitrogens with one attached hydrogen (secondary N) is 1. The van der Waals surface area contributed by atoms with Crippen molar-refractivity contribution in [2.75, 3.05) is 5.75 Å². The minimum absolute atomic E-state index is 0.0454. The van der Waals surface area contributed by atoms with Gasteiger partial charge < -0.3 is 9.88 Å². The van der Waals surface area contributed by atoms with Crippen molar-refractivity contribution in [1.82, 2.24) is 14.9 Å². The standard InChI is InChI=1S/C27H28FN3O3S/c1-4-35(33,34)23-12-7-20(8-13-23)17-29-27(32)21-9-14-25-24(16-21)30-26(31(25)18(2)3)15-19-5-10-22(28)11-6-19/h5-14,16,18H,4,15,17H2,1-3H3,(H,29,32). The van der Waals surface area contributed by atoms with Crippen LogP contribution in [0.2, 0.25) is 0 Å². The Balaban J connectivity index is 1.52. The van der Waals surface area contributed by atoms with E-state index < -0.39 is 9.84 Å². The third-order valence-corrected chi connectivity index (χ3v) is 7.68. The van der Waals surface area contributed by atoms with E-state index in [0.29, 0.717) is 12.0 Å². The molecule has 0 aliphatic carbocycles. The smallest absolute Gasteiger partial charge is 0.251 e. The monoisotopic (exact) mass is 493 g/mol. The highest BCUT2D eigenvalue weighted by Crippen LogP contribution is 2.24. The van der Waals surface area contributed by atoms with E-state index in [1.807, 2.05) is 6.07 Å². The molecule has 1 amide bonds. The Morgan fingerprint density at radius 1 is 1.00 bits per heavy atom. The fourth-order valence-electron chi connectivity index (χ4n) is 4.04. The second kappa shape index (κ2) is 10.00. The minimum atomic E-state index is -3.25. The first-order valence-electron chi connectivity index (χ1n) is 11.5. The van der Waals surface area contributed by atoms with Crippen LogP contribution in [0.1, 0.15) is 54.1 Å². The number of carbonyl (C=O) groups excluding carboxylic acids is 1. The van der Waals surface area contributed by atoms with E-state index in [4.69, 9.17) is 4.98 Å². The van der Waals surface area contributed by atoms with Crippen molar-refractivity contribution in [3.8, 4) is 0 Å². The highest BCUT2D eigenvalue weighted by molar-refractivity contribution is 7.91. The molecule has 0 fully saturated rings. The average Bonchev–Trinajstić information content (AvgIpc) is 3.21. The number of hydrogen-bond donors (Lipinski definition) is 1. The lowest BCUT2D eigenvalue weighted by Crippen LogP contribution is -2.22. The molecular formula is C27H28FN3O3S. The lowest BCUT2D eigenvalue weighted by atomic mass is 10.1. The molecule has 0 saturated heterocycles. The van der Waals surface area contributed by atoms with Crippen LogP contribution in [0.5, 0.6) is 0 Å². The van der Waals surface area contributed by atoms with Gasteiger partial charge in [0, 0.05) is 24.6 Å². The number of halogens is 1. The van der Waals surface area contributed by atoms with Crippen LogP contribution in [0.15, 0.2) is 71.6 Å². The average molecular weight is 494 g/mol. The van der Waals surface area contributed by atoms with Crippen LogP contribution < -0.4 is 5.32 Å². The summed E-state index contributed by atoms with van der Waals surface area (Å²) in [4.78, 5) is 17.9. The van der Waals surface area contributed by atoms with Gasteiger partial charge in [0.05, 0.1) is 21.7 Å². The molecule has 35 heavy (non-hydrogen) atoms. The van der Waals surface area contributed by atoms with Gasteiger partial charge in [-0.3, -0.25) is 4.79 Å². The van der Waals surface area contributed by atoms with Crippen LogP contribution in [0.4, 0.5) is 4.39 Å². The predicted molar refractivity (Wildman–Crippen MR) is 135 cm³/mol. The molecule has 0 atom stereocenters. The van der Waals surface area contributed by atoms with Crippen molar-refractivity contribution in [2.24, 2.45) is 0 Å². The van der Waals surface area contributed by atoms with Gasteiger partial charge in [0.1, 0.15) is 11.6 Å². The normalized spacial score (nSPS) is 11.8. The number of rotatable bonds is 8. The molecule has 0 aliphatic heterocycles. The quantitative estimate of drug-likeness (QED) is 0.372. The van der Waals surface area contributed by atoms with E-state index in [1.54, 1.807) is 55.5 Å². The number of benzene rings is 3. The summed E-state index contributed by atoms with van der Waals surface area (Å²) < 4.78 is 39.3. The number of fused-ring (bicyclic) bond motifs is 1. The molecule has 0 unspecified atom stereocenters. The molecule has 3 aromatic carbocycles. The molecule has 6 nitrogen and oxygen atoms in total. The summed E-state index contributed by atoms with van der Waals surface area (Å²) in [6.07, 6.45) is 0.554. The number of carbonyl (C=O) groups is 1. The molecule has 182 valence electrons. The molecule has 1 N–H and O–H groups in total. The zero-order chi connectivity index (χ0) is 25.2. The predicted octanol–water partition coefficient (Wildman–Crippen LogP) is 5.07. The van der Waals surface area contributed by atoms with E-state index in [-0.39, 0.29) is 35.0 Å². The van der Waals surface area contributed by atoms with Gasteiger partial charge in [-0.25, -0.2) is 17.8 Å². The van der Waals surface area contributed by atoms with E-state index in [0.717, 1.165) is 28.0 Å². The van der Waals surface area contributed by atoms with E-state index >= 15 is 0 Å². The second-order valence-corrected chi connectivity index (χ2v) is 11.0. The van der Waals surface area contributed by atoms with Gasteiger partial charge >= 0.3 is 0 Å². The largest absolute Gasteiger partial charge is 0.348 e. The summed E-state index contributed by atoms with van der Waals surface area (Å²) in [6.45, 7) is 6.04. The molecule has 0 aliphatic rings. The fraction of sp³-hybridized carbons (Fsp3) is 0.259. The Kier molecular flexibility index (Phi) is 7.03. The number of imidazole rings is 1. The van der Waals surface area contributed by atoms with Crippen LogP contribution in [0, 0.1) is 5.82 Å². The van der Waals surface area contributed by atoms with Gasteiger partial charge in [0.25, 0.3) is 5.91 Å². The van der Waals surface area contributed by atoms with Crippen LogP contribution >= 0.6 is 0 Å². The zero-order valence-corrected chi connectivity index (χ0v) is 20.8. The van der Waals surface area contributed by atoms with Gasteiger partial charge in [-0.2, -0.15) is 0 Å². The van der Waals surface area contributed by atoms with Gasteiger partial charge in [0.15, 0.2) is 9.84 Å². The van der Waals surface area contributed by atoms with E-state index in [9.17, 15) is 17.6 Å². The Hall–Kier alpha value is -3.52. The maximum Gasteiger partial charge on any atom is 0.251 e. The Labute approximate surface area is 204 Å². The molecule has 1 aromatic heterocycles. The first kappa shape index (κ1) is 24.6. The van der Waals surface area contributed by atoms with Crippen LogP contribution in [0.25, 0.3) is 11.0 Å². The van der Waals surface area contributed by atoms with E-state index in [1.165, 1.54) is 12.1 Å². The Morgan fingerprint density at radius 3 is 2.29 bits per heavy atom. The summed E-state index contributed by atoms with van der Waals surface area (Å²) in [6, 6.07) is 18.5. The number of hydrogen-bond acceptors (Lipinski definition) is 4. The highest BCUT2D eigenvalue weighted by Gasteiger charge is 2.16. The Morgan fingerprint density at radius 2 is 1.66 bits per heavy atom. The molecule has 4 rings (SSSR count). The maximum atomic E-state index is 13.3. The molecule has 0 spiro atoms. The van der Waals surface area contributed by atoms with E-state index in [2.05, 4.69) is 23.7 Å². The molecule has 0 bridgehead atoms. The third-order valence-electron chi connectivity index (χ3n) is 5.93. The molecule has 0 saturated carbocycles. The Bertz CT molecular complexity index is 1460. The van der Waals surface area contributed by atoms with Crippen molar-refractivity contribution in [2.45, 2.75) is 44.7 Å². The second-order valence-electron chi connectivity index (χ2n) is 8.73. The summed E-state index contributed by atoms with van der Waals surface area (Å²) in [7, 11) is -3.25. The van der Waals surface area contributed by atoms with Gasteiger partial charge in [-0.15, -0.1) is 0 Å². The van der Waals surface area contributed by atoms with Crippen LogP contribution in [-0.2, 0) is 22.8 Å². The number of nitrogens with zero attached hydrogens (tertiary/aromatic N) is 2. The van der Waals surface area contributed by atoms with Crippen molar-refractivity contribution < 1.29 is 17.6 Å². The summed E-state index contributed by atoms with van der Waals surface area (Å²) in [5.74, 6) is 0.380. The van der Waals surface area contributed by atoms with Crippen molar-refractivity contribution in [3.05, 3.63) is 95.1 Å². The fourth-order valence-corrected chi connectivity index (χ4v) is 4.93. The SMILES string of the molecule is CCS(=O)(=O)c1ccc(CNC(=O)c2ccc3c(c2)nc(Cc2ccc(F)cc2)n3C(C)C)cc1. The number of aromatic nitrogens is 2. The molecule has 1 heterocycles. The third kappa shape index (κ3) is 5.43. The van der Waals surface area contributed by atoms with Crippen molar-refractivity contribution >= 4 is 26.8 Å². The van der Waals surface area contributed by atoms with Crippen LogP contribution in [-0.4, -0.2) is 29.6 Å². The van der Waals surface area contributed by atoms with Crippen molar-refractivity contribution in [1.29, 1.82) is 0 Å². The zero-order valence-electron chi connectivity index (χ0n) is 20.0.